The lowest BCUT2D eigenvalue weighted by Crippen LogP contribution is -2.43. The van der Waals surface area contributed by atoms with Gasteiger partial charge in [-0.25, -0.2) is 4.79 Å². The number of carbonyl (C=O) groups is 3. The lowest BCUT2D eigenvalue weighted by Gasteiger charge is -2.21. The van der Waals surface area contributed by atoms with E-state index in [0.29, 0.717) is 6.29 Å². The molecule has 4 rings (SSSR count). The van der Waals surface area contributed by atoms with Crippen LogP contribution in [0.2, 0.25) is 0 Å². The Morgan fingerprint density at radius 1 is 1.06 bits per heavy atom. The van der Waals surface area contributed by atoms with Crippen LogP contribution in [0.5, 0.6) is 0 Å². The summed E-state index contributed by atoms with van der Waals surface area (Å²) in [5, 5.41) is 13.2. The number of hydrogen-bond acceptors (Lipinski definition) is 7. The summed E-state index contributed by atoms with van der Waals surface area (Å²) in [6.07, 6.45) is -0.254. The summed E-state index contributed by atoms with van der Waals surface area (Å²) < 4.78 is 5.57. The molecule has 36 heavy (non-hydrogen) atoms. The molecule has 0 radical (unpaired) electrons. The summed E-state index contributed by atoms with van der Waals surface area (Å²) in [6, 6.07) is 18.8. The van der Waals surface area contributed by atoms with E-state index in [9.17, 15) is 24.5 Å². The summed E-state index contributed by atoms with van der Waals surface area (Å²) in [5.41, 5.74) is 4.18. The maximum absolute atomic E-state index is 13.0. The SMILES string of the molecule is CC(C)[C@@H](NC(=O)OCC1c2ccccc2-c2ccccc21)C(=O)Sc1ccc([N+](=O)[O-])cc1C=O. The lowest BCUT2D eigenvalue weighted by atomic mass is 9.98. The molecule has 0 spiro atoms. The number of nitro groups is 1. The van der Waals surface area contributed by atoms with Crippen LogP contribution in [0, 0.1) is 16.0 Å². The summed E-state index contributed by atoms with van der Waals surface area (Å²) in [7, 11) is 0. The molecule has 8 nitrogen and oxygen atoms in total. The van der Waals surface area contributed by atoms with Crippen molar-refractivity contribution in [3.8, 4) is 11.1 Å². The standard InChI is InChI=1S/C27H24N2O6S/c1-16(2)25(26(31)36-24-12-11-18(29(33)34)13-17(24)14-30)28-27(32)35-15-23-21-9-5-3-7-19(21)20-8-4-6-10-22(20)23/h3-14,16,23,25H,15H2,1-2H3,(H,28,32)/t25-/m1/s1. The average Bonchev–Trinajstić information content (AvgIpc) is 3.19. The topological polar surface area (TPSA) is 116 Å². The summed E-state index contributed by atoms with van der Waals surface area (Å²) in [5.74, 6) is -0.371. The van der Waals surface area contributed by atoms with Crippen molar-refractivity contribution in [1.29, 1.82) is 0 Å². The minimum atomic E-state index is -0.889. The fraction of sp³-hybridized carbons (Fsp3) is 0.222. The first-order valence-corrected chi connectivity index (χ1v) is 12.2. The Labute approximate surface area is 212 Å². The molecule has 0 saturated heterocycles. The molecule has 3 aromatic carbocycles. The second-order valence-electron chi connectivity index (χ2n) is 8.71. The molecule has 1 atom stereocenters. The minimum Gasteiger partial charge on any atom is -0.449 e. The number of amides is 1. The second-order valence-corrected chi connectivity index (χ2v) is 9.76. The second kappa shape index (κ2) is 10.7. The maximum Gasteiger partial charge on any atom is 0.407 e. The van der Waals surface area contributed by atoms with Crippen molar-refractivity contribution in [3.63, 3.8) is 0 Å². The van der Waals surface area contributed by atoms with E-state index in [1.807, 2.05) is 48.5 Å². The number of benzene rings is 3. The molecule has 0 aromatic heterocycles. The van der Waals surface area contributed by atoms with Crippen molar-refractivity contribution in [3.05, 3.63) is 93.5 Å². The Kier molecular flexibility index (Phi) is 7.49. The van der Waals surface area contributed by atoms with Crippen molar-refractivity contribution in [2.45, 2.75) is 30.7 Å². The minimum absolute atomic E-state index is 0.0335. The third-order valence-electron chi connectivity index (χ3n) is 6.08. The van der Waals surface area contributed by atoms with Crippen LogP contribution in [0.3, 0.4) is 0 Å². The highest BCUT2D eigenvalue weighted by molar-refractivity contribution is 8.13. The number of thioether (sulfide) groups is 1. The average molecular weight is 505 g/mol. The van der Waals surface area contributed by atoms with Crippen LogP contribution < -0.4 is 5.32 Å². The predicted octanol–water partition coefficient (Wildman–Crippen LogP) is 5.59. The first kappa shape index (κ1) is 25.1. The van der Waals surface area contributed by atoms with Crippen molar-refractivity contribution in [1.82, 2.24) is 5.32 Å². The zero-order valence-electron chi connectivity index (χ0n) is 19.7. The zero-order valence-corrected chi connectivity index (χ0v) is 20.5. The molecule has 3 aromatic rings. The van der Waals surface area contributed by atoms with Gasteiger partial charge in [-0.3, -0.25) is 19.7 Å². The number of carbonyl (C=O) groups excluding carboxylic acids is 3. The van der Waals surface area contributed by atoms with E-state index in [1.165, 1.54) is 12.1 Å². The van der Waals surface area contributed by atoms with E-state index in [2.05, 4.69) is 5.32 Å². The van der Waals surface area contributed by atoms with Gasteiger partial charge in [0.05, 0.1) is 4.92 Å². The van der Waals surface area contributed by atoms with Crippen LogP contribution in [0.15, 0.2) is 71.6 Å². The highest BCUT2D eigenvalue weighted by Crippen LogP contribution is 2.44. The van der Waals surface area contributed by atoms with Gasteiger partial charge in [-0.15, -0.1) is 0 Å². The Morgan fingerprint density at radius 2 is 1.67 bits per heavy atom. The van der Waals surface area contributed by atoms with Gasteiger partial charge >= 0.3 is 6.09 Å². The van der Waals surface area contributed by atoms with Crippen LogP contribution in [0.25, 0.3) is 11.1 Å². The number of aldehydes is 1. The van der Waals surface area contributed by atoms with Crippen LogP contribution in [-0.4, -0.2) is 35.1 Å². The number of nitrogens with one attached hydrogen (secondary N) is 1. The number of non-ortho nitro benzene ring substituents is 1. The number of nitrogens with zero attached hydrogens (tertiary/aromatic N) is 1. The normalized spacial score (nSPS) is 13.0. The first-order valence-electron chi connectivity index (χ1n) is 11.4. The third-order valence-corrected chi connectivity index (χ3v) is 7.13. The molecule has 184 valence electrons. The highest BCUT2D eigenvalue weighted by Gasteiger charge is 2.31. The molecule has 1 amide bonds. The number of ether oxygens (including phenoxy) is 1. The molecule has 0 saturated carbocycles. The Bertz CT molecular complexity index is 1290. The number of rotatable bonds is 8. The van der Waals surface area contributed by atoms with Gasteiger partial charge in [0.2, 0.25) is 5.12 Å². The van der Waals surface area contributed by atoms with E-state index in [0.717, 1.165) is 40.1 Å². The summed E-state index contributed by atoms with van der Waals surface area (Å²) in [6.45, 7) is 3.68. The molecular formula is C27H24N2O6S. The number of nitro benzene ring substituents is 1. The molecule has 0 aliphatic heterocycles. The monoisotopic (exact) mass is 504 g/mol. The molecule has 1 N–H and O–H groups in total. The fourth-order valence-electron chi connectivity index (χ4n) is 4.27. The lowest BCUT2D eigenvalue weighted by molar-refractivity contribution is -0.384. The van der Waals surface area contributed by atoms with Crippen molar-refractivity contribution in [2.24, 2.45) is 5.92 Å². The van der Waals surface area contributed by atoms with Crippen LogP contribution in [-0.2, 0) is 9.53 Å². The van der Waals surface area contributed by atoms with Crippen LogP contribution in [0.4, 0.5) is 10.5 Å². The van der Waals surface area contributed by atoms with Gasteiger partial charge in [-0.05, 0) is 46.0 Å². The molecule has 1 aliphatic carbocycles. The van der Waals surface area contributed by atoms with Crippen molar-refractivity contribution in [2.75, 3.05) is 6.61 Å². The van der Waals surface area contributed by atoms with Crippen molar-refractivity contribution >= 4 is 34.9 Å². The van der Waals surface area contributed by atoms with Gasteiger partial charge in [0, 0.05) is 28.5 Å². The Balaban J connectivity index is 1.43. The maximum atomic E-state index is 13.0. The molecule has 0 fully saturated rings. The molecule has 0 unspecified atom stereocenters. The van der Waals surface area contributed by atoms with Gasteiger partial charge < -0.3 is 10.1 Å². The van der Waals surface area contributed by atoms with Crippen molar-refractivity contribution < 1.29 is 24.0 Å². The van der Waals surface area contributed by atoms with E-state index in [-0.39, 0.29) is 34.6 Å². The molecule has 0 bridgehead atoms. The molecular weight excluding hydrogens is 480 g/mol. The quantitative estimate of drug-likeness (QED) is 0.184. The molecule has 9 heteroatoms. The highest BCUT2D eigenvalue weighted by atomic mass is 32.2. The van der Waals surface area contributed by atoms with Gasteiger partial charge in [-0.2, -0.15) is 0 Å². The zero-order chi connectivity index (χ0) is 25.8. The fourth-order valence-corrected chi connectivity index (χ4v) is 5.31. The summed E-state index contributed by atoms with van der Waals surface area (Å²) in [4.78, 5) is 47.8. The van der Waals surface area contributed by atoms with Gasteiger partial charge in [0.25, 0.3) is 5.69 Å². The van der Waals surface area contributed by atoms with E-state index < -0.39 is 22.2 Å². The smallest absolute Gasteiger partial charge is 0.407 e. The summed E-state index contributed by atoms with van der Waals surface area (Å²) >= 11 is 0.755. The van der Waals surface area contributed by atoms with Gasteiger partial charge in [0.15, 0.2) is 6.29 Å². The first-order chi connectivity index (χ1) is 17.3. The van der Waals surface area contributed by atoms with E-state index in [4.69, 9.17) is 4.74 Å². The predicted molar refractivity (Wildman–Crippen MR) is 136 cm³/mol. The number of hydrogen-bond donors (Lipinski definition) is 1. The van der Waals surface area contributed by atoms with Crippen LogP contribution in [0.1, 0.15) is 41.3 Å². The number of fused-ring (bicyclic) bond motifs is 3. The van der Waals surface area contributed by atoms with Gasteiger partial charge in [0.1, 0.15) is 12.6 Å². The van der Waals surface area contributed by atoms with Gasteiger partial charge in [-0.1, -0.05) is 62.4 Å². The number of alkyl carbamates (subject to hydrolysis) is 1. The molecule has 0 heterocycles. The largest absolute Gasteiger partial charge is 0.449 e. The van der Waals surface area contributed by atoms with E-state index >= 15 is 0 Å². The Hall–Kier alpha value is -3.98. The molecule has 1 aliphatic rings. The third kappa shape index (κ3) is 5.16. The van der Waals surface area contributed by atoms with Crippen LogP contribution >= 0.6 is 11.8 Å². The van der Waals surface area contributed by atoms with E-state index in [1.54, 1.807) is 13.8 Å². The Morgan fingerprint density at radius 3 is 2.22 bits per heavy atom.